The van der Waals surface area contributed by atoms with Crippen molar-refractivity contribution in [2.24, 2.45) is 0 Å². The number of benzene rings is 4. The van der Waals surface area contributed by atoms with Crippen LogP contribution in [0.2, 0.25) is 0 Å². The normalized spacial score (nSPS) is 13.0. The van der Waals surface area contributed by atoms with Crippen molar-refractivity contribution in [3.63, 3.8) is 0 Å². The highest BCUT2D eigenvalue weighted by Crippen LogP contribution is 2.33. The summed E-state index contributed by atoms with van der Waals surface area (Å²) in [6.07, 6.45) is 0. The first-order chi connectivity index (χ1) is 17.0. The third-order valence-electron chi connectivity index (χ3n) is 5.97. The predicted octanol–water partition coefficient (Wildman–Crippen LogP) is 6.41. The molecule has 0 radical (unpaired) electrons. The quantitative estimate of drug-likeness (QED) is 0.263. The molecule has 0 aliphatic heterocycles. The molecular formula is C29H24FN3OS. The van der Waals surface area contributed by atoms with Gasteiger partial charge in [0.25, 0.3) is 0 Å². The SMILES string of the molecule is Cc1ccc(C)c(/C(CS(=O)c2ccccc2)=C(\c2ccc(F)cc2)n2nnc3ccccc32)c1. The van der Waals surface area contributed by atoms with Gasteiger partial charge in [0, 0.05) is 10.5 Å². The van der Waals surface area contributed by atoms with Crippen LogP contribution >= 0.6 is 0 Å². The fourth-order valence-corrected chi connectivity index (χ4v) is 5.37. The van der Waals surface area contributed by atoms with Crippen molar-refractivity contribution in [3.05, 3.63) is 125 Å². The summed E-state index contributed by atoms with van der Waals surface area (Å²) in [5.74, 6) is -0.0624. The van der Waals surface area contributed by atoms with E-state index in [4.69, 9.17) is 0 Å². The van der Waals surface area contributed by atoms with E-state index in [-0.39, 0.29) is 11.6 Å². The lowest BCUT2D eigenvalue weighted by atomic mass is 9.95. The molecule has 0 fully saturated rings. The van der Waals surface area contributed by atoms with E-state index in [1.807, 2.05) is 68.4 Å². The lowest BCUT2D eigenvalue weighted by Gasteiger charge is -2.19. The van der Waals surface area contributed by atoms with Gasteiger partial charge in [0.15, 0.2) is 0 Å². The van der Waals surface area contributed by atoms with Gasteiger partial charge in [0.1, 0.15) is 11.3 Å². The minimum atomic E-state index is -1.32. The molecule has 35 heavy (non-hydrogen) atoms. The Labute approximate surface area is 206 Å². The van der Waals surface area contributed by atoms with Crippen molar-refractivity contribution in [2.45, 2.75) is 18.7 Å². The van der Waals surface area contributed by atoms with Crippen LogP contribution in [0, 0.1) is 19.7 Å². The Morgan fingerprint density at radius 1 is 0.886 bits per heavy atom. The van der Waals surface area contributed by atoms with Crippen LogP contribution in [0.15, 0.2) is 102 Å². The van der Waals surface area contributed by atoms with Gasteiger partial charge >= 0.3 is 0 Å². The summed E-state index contributed by atoms with van der Waals surface area (Å²) < 4.78 is 29.3. The average Bonchev–Trinajstić information content (AvgIpc) is 3.30. The average molecular weight is 482 g/mol. The first-order valence-electron chi connectivity index (χ1n) is 11.3. The molecule has 4 nitrogen and oxygen atoms in total. The van der Waals surface area contributed by atoms with Crippen molar-refractivity contribution in [3.8, 4) is 0 Å². The van der Waals surface area contributed by atoms with Gasteiger partial charge in [0.05, 0.1) is 27.8 Å². The monoisotopic (exact) mass is 481 g/mol. The number of rotatable bonds is 6. The number of halogens is 1. The van der Waals surface area contributed by atoms with Gasteiger partial charge in [-0.15, -0.1) is 5.10 Å². The Balaban J connectivity index is 1.83. The molecule has 6 heteroatoms. The number of para-hydroxylation sites is 1. The molecule has 174 valence electrons. The Hall–Kier alpha value is -3.90. The second-order valence-electron chi connectivity index (χ2n) is 8.45. The number of hydrogen-bond acceptors (Lipinski definition) is 3. The number of aromatic nitrogens is 3. The second kappa shape index (κ2) is 9.76. The topological polar surface area (TPSA) is 47.8 Å². The van der Waals surface area contributed by atoms with Crippen LogP contribution in [0.4, 0.5) is 4.39 Å². The summed E-state index contributed by atoms with van der Waals surface area (Å²) in [7, 11) is -1.32. The highest BCUT2D eigenvalue weighted by molar-refractivity contribution is 7.85. The molecule has 0 N–H and O–H groups in total. The van der Waals surface area contributed by atoms with Crippen molar-refractivity contribution < 1.29 is 8.60 Å². The first-order valence-corrected chi connectivity index (χ1v) is 12.6. The summed E-state index contributed by atoms with van der Waals surface area (Å²) in [6.45, 7) is 4.08. The zero-order valence-corrected chi connectivity index (χ0v) is 20.3. The first kappa shape index (κ1) is 22.9. The standard InChI is InChI=1S/C29H24FN3OS/c1-20-12-13-21(2)25(18-20)26(19-35(34)24-8-4-3-5-9-24)29(22-14-16-23(30)17-15-22)33-28-11-7-6-10-27(28)31-32-33/h3-18H,19H2,1-2H3/b29-26+. The van der Waals surface area contributed by atoms with Crippen LogP contribution in [0.3, 0.4) is 0 Å². The second-order valence-corrected chi connectivity index (χ2v) is 9.90. The van der Waals surface area contributed by atoms with E-state index < -0.39 is 10.8 Å². The molecule has 0 aliphatic rings. The van der Waals surface area contributed by atoms with Gasteiger partial charge in [-0.2, -0.15) is 0 Å². The maximum Gasteiger partial charge on any atom is 0.123 e. The van der Waals surface area contributed by atoms with Crippen LogP contribution in [-0.4, -0.2) is 25.0 Å². The predicted molar refractivity (Wildman–Crippen MR) is 140 cm³/mol. The van der Waals surface area contributed by atoms with E-state index in [0.29, 0.717) is 0 Å². The van der Waals surface area contributed by atoms with Gasteiger partial charge < -0.3 is 0 Å². The smallest absolute Gasteiger partial charge is 0.123 e. The van der Waals surface area contributed by atoms with Gasteiger partial charge in [0.2, 0.25) is 0 Å². The molecule has 1 unspecified atom stereocenters. The molecule has 0 aliphatic carbocycles. The Morgan fingerprint density at radius 2 is 1.60 bits per heavy atom. The molecule has 1 aromatic heterocycles. The Morgan fingerprint density at radius 3 is 2.37 bits per heavy atom. The minimum Gasteiger partial charge on any atom is -0.254 e. The van der Waals surface area contributed by atoms with E-state index in [2.05, 4.69) is 28.5 Å². The van der Waals surface area contributed by atoms with Gasteiger partial charge in [-0.05, 0) is 79.1 Å². The molecule has 0 bridgehead atoms. The zero-order valence-electron chi connectivity index (χ0n) is 19.5. The van der Waals surface area contributed by atoms with E-state index in [1.165, 1.54) is 12.1 Å². The molecule has 0 spiro atoms. The fourth-order valence-electron chi connectivity index (χ4n) is 4.19. The molecule has 5 aromatic rings. The number of nitrogens with zero attached hydrogens (tertiary/aromatic N) is 3. The molecule has 0 saturated carbocycles. The van der Waals surface area contributed by atoms with Crippen LogP contribution in [0.1, 0.15) is 22.3 Å². The lowest BCUT2D eigenvalue weighted by Crippen LogP contribution is -2.11. The molecule has 0 saturated heterocycles. The molecule has 1 atom stereocenters. The van der Waals surface area contributed by atoms with Crippen molar-refractivity contribution >= 4 is 33.1 Å². The van der Waals surface area contributed by atoms with E-state index in [0.717, 1.165) is 49.5 Å². The summed E-state index contributed by atoms with van der Waals surface area (Å²) >= 11 is 0. The molecule has 0 amide bonds. The summed E-state index contributed by atoms with van der Waals surface area (Å²) in [5.41, 5.74) is 7.05. The van der Waals surface area contributed by atoms with Crippen LogP contribution in [0.5, 0.6) is 0 Å². The zero-order chi connectivity index (χ0) is 24.4. The minimum absolute atomic E-state index is 0.259. The van der Waals surface area contributed by atoms with Crippen molar-refractivity contribution in [1.82, 2.24) is 15.0 Å². The largest absolute Gasteiger partial charge is 0.254 e. The van der Waals surface area contributed by atoms with Crippen LogP contribution in [0.25, 0.3) is 22.3 Å². The van der Waals surface area contributed by atoms with Crippen molar-refractivity contribution in [1.29, 1.82) is 0 Å². The third kappa shape index (κ3) is 4.70. The molecule has 1 heterocycles. The number of hydrogen-bond donors (Lipinski definition) is 0. The van der Waals surface area contributed by atoms with Crippen molar-refractivity contribution in [2.75, 3.05) is 5.75 Å². The summed E-state index contributed by atoms with van der Waals surface area (Å²) in [5, 5.41) is 8.85. The maximum atomic E-state index is 13.9. The lowest BCUT2D eigenvalue weighted by molar-refractivity contribution is 0.627. The van der Waals surface area contributed by atoms with Gasteiger partial charge in [-0.1, -0.05) is 59.3 Å². The van der Waals surface area contributed by atoms with E-state index in [9.17, 15) is 8.60 Å². The summed E-state index contributed by atoms with van der Waals surface area (Å²) in [4.78, 5) is 0.747. The van der Waals surface area contributed by atoms with E-state index in [1.54, 1.807) is 16.8 Å². The highest BCUT2D eigenvalue weighted by Gasteiger charge is 2.21. The van der Waals surface area contributed by atoms with Gasteiger partial charge in [-0.25, -0.2) is 9.07 Å². The third-order valence-corrected chi connectivity index (χ3v) is 7.32. The van der Waals surface area contributed by atoms with E-state index >= 15 is 0 Å². The number of aryl methyl sites for hydroxylation is 2. The van der Waals surface area contributed by atoms with Gasteiger partial charge in [-0.3, -0.25) is 4.21 Å². The molecule has 5 rings (SSSR count). The van der Waals surface area contributed by atoms with Crippen LogP contribution < -0.4 is 0 Å². The Kier molecular flexibility index (Phi) is 6.38. The molecule has 4 aromatic carbocycles. The number of fused-ring (bicyclic) bond motifs is 1. The maximum absolute atomic E-state index is 13.9. The Bertz CT molecular complexity index is 1560. The van der Waals surface area contributed by atoms with Crippen LogP contribution in [-0.2, 0) is 10.8 Å². The summed E-state index contributed by atoms with van der Waals surface area (Å²) in [6, 6.07) is 29.7. The highest BCUT2D eigenvalue weighted by atomic mass is 32.2. The fraction of sp³-hybridized carbons (Fsp3) is 0.103. The molecular weight excluding hydrogens is 457 g/mol.